The fourth-order valence-corrected chi connectivity index (χ4v) is 4.27. The van der Waals surface area contributed by atoms with Crippen LogP contribution in [0, 0.1) is 6.92 Å². The molecule has 6 heteroatoms. The van der Waals surface area contributed by atoms with Gasteiger partial charge in [0.1, 0.15) is 5.75 Å². The Kier molecular flexibility index (Phi) is 7.44. The van der Waals surface area contributed by atoms with Crippen molar-refractivity contribution in [2.75, 3.05) is 25.1 Å². The summed E-state index contributed by atoms with van der Waals surface area (Å²) >= 11 is 12.6. The molecule has 156 valence electrons. The highest BCUT2D eigenvalue weighted by Crippen LogP contribution is 2.40. The number of amides is 1. The molecule has 1 heterocycles. The first kappa shape index (κ1) is 21.9. The first-order chi connectivity index (χ1) is 14.0. The van der Waals surface area contributed by atoms with Crippen molar-refractivity contribution < 1.29 is 14.3 Å². The number of carbonyl (C=O) groups excluding carboxylic acids is 1. The Hall–Kier alpha value is -1.75. The summed E-state index contributed by atoms with van der Waals surface area (Å²) in [5, 5.41) is 4.14. The van der Waals surface area contributed by atoms with Gasteiger partial charge in [0.15, 0.2) is 0 Å². The molecule has 1 amide bonds. The highest BCUT2D eigenvalue weighted by molar-refractivity contribution is 6.35. The van der Waals surface area contributed by atoms with Crippen LogP contribution in [0.1, 0.15) is 43.7 Å². The summed E-state index contributed by atoms with van der Waals surface area (Å²) in [7, 11) is 0. The van der Waals surface area contributed by atoms with E-state index in [1.165, 1.54) is 0 Å². The smallest absolute Gasteiger partial charge is 0.235 e. The minimum atomic E-state index is -0.746. The quantitative estimate of drug-likeness (QED) is 0.529. The molecule has 1 aliphatic heterocycles. The van der Waals surface area contributed by atoms with Crippen LogP contribution in [-0.4, -0.2) is 25.7 Å². The molecular formula is C23H27Cl2NO3. The normalized spacial score (nSPS) is 15.7. The van der Waals surface area contributed by atoms with Crippen LogP contribution in [0.2, 0.25) is 10.0 Å². The molecule has 1 aliphatic rings. The molecule has 1 N–H and O–H groups in total. The van der Waals surface area contributed by atoms with Gasteiger partial charge in [-0.25, -0.2) is 0 Å². The second-order valence-electron chi connectivity index (χ2n) is 7.46. The van der Waals surface area contributed by atoms with Crippen LogP contribution in [-0.2, 0) is 14.9 Å². The molecule has 3 rings (SSSR count). The van der Waals surface area contributed by atoms with Crippen molar-refractivity contribution in [3.63, 3.8) is 0 Å². The van der Waals surface area contributed by atoms with E-state index >= 15 is 0 Å². The number of aryl methyl sites for hydroxylation is 1. The Balaban J connectivity index is 1.83. The lowest BCUT2D eigenvalue weighted by atomic mass is 9.73. The number of benzene rings is 2. The Bertz CT molecular complexity index is 863. The molecule has 0 aromatic heterocycles. The van der Waals surface area contributed by atoms with Crippen LogP contribution >= 0.6 is 23.2 Å². The van der Waals surface area contributed by atoms with Gasteiger partial charge in [0, 0.05) is 28.9 Å². The van der Waals surface area contributed by atoms with E-state index in [1.807, 2.05) is 31.2 Å². The molecule has 0 atom stereocenters. The minimum absolute atomic E-state index is 0.0796. The molecule has 2 aromatic rings. The molecule has 1 saturated heterocycles. The van der Waals surface area contributed by atoms with Crippen molar-refractivity contribution in [2.45, 2.75) is 44.9 Å². The highest BCUT2D eigenvalue weighted by Gasteiger charge is 2.43. The van der Waals surface area contributed by atoms with Gasteiger partial charge in [0.05, 0.1) is 12.0 Å². The number of anilines is 1. The van der Waals surface area contributed by atoms with Crippen LogP contribution in [0.5, 0.6) is 5.75 Å². The lowest BCUT2D eigenvalue weighted by Gasteiger charge is -2.37. The van der Waals surface area contributed by atoms with Gasteiger partial charge in [-0.05, 0) is 67.6 Å². The third kappa shape index (κ3) is 5.06. The molecule has 0 bridgehead atoms. The predicted octanol–water partition coefficient (Wildman–Crippen LogP) is 6.17. The zero-order valence-electron chi connectivity index (χ0n) is 16.9. The van der Waals surface area contributed by atoms with E-state index in [0.717, 1.165) is 35.4 Å². The zero-order chi connectivity index (χ0) is 20.9. The number of carbonyl (C=O) groups is 1. The summed E-state index contributed by atoms with van der Waals surface area (Å²) in [5.41, 5.74) is 1.78. The van der Waals surface area contributed by atoms with Crippen molar-refractivity contribution in [3.8, 4) is 5.75 Å². The summed E-state index contributed by atoms with van der Waals surface area (Å²) in [4.78, 5) is 13.4. The van der Waals surface area contributed by atoms with Crippen molar-refractivity contribution >= 4 is 34.8 Å². The number of halogens is 2. The van der Waals surface area contributed by atoms with Crippen LogP contribution in [0.15, 0.2) is 36.4 Å². The average molecular weight is 436 g/mol. The van der Waals surface area contributed by atoms with Gasteiger partial charge in [-0.15, -0.1) is 0 Å². The topological polar surface area (TPSA) is 47.6 Å². The van der Waals surface area contributed by atoms with Crippen molar-refractivity contribution in [2.24, 2.45) is 0 Å². The van der Waals surface area contributed by atoms with E-state index in [2.05, 4.69) is 12.2 Å². The predicted molar refractivity (Wildman–Crippen MR) is 118 cm³/mol. The monoisotopic (exact) mass is 435 g/mol. The summed E-state index contributed by atoms with van der Waals surface area (Å²) in [6.07, 6.45) is 3.24. The molecule has 0 spiro atoms. The van der Waals surface area contributed by atoms with Crippen LogP contribution in [0.4, 0.5) is 5.69 Å². The van der Waals surface area contributed by atoms with Crippen LogP contribution in [0.3, 0.4) is 0 Å². The first-order valence-electron chi connectivity index (χ1n) is 10.0. The Morgan fingerprint density at radius 2 is 1.93 bits per heavy atom. The number of unbranched alkanes of at least 4 members (excludes halogenated alkanes) is 1. The van der Waals surface area contributed by atoms with E-state index in [9.17, 15) is 4.79 Å². The molecule has 4 nitrogen and oxygen atoms in total. The number of nitrogens with one attached hydrogen (secondary N) is 1. The lowest BCUT2D eigenvalue weighted by Crippen LogP contribution is -2.45. The number of ether oxygens (including phenoxy) is 2. The van der Waals surface area contributed by atoms with Gasteiger partial charge in [0.25, 0.3) is 0 Å². The fraction of sp³-hybridized carbons (Fsp3) is 0.435. The van der Waals surface area contributed by atoms with Gasteiger partial charge >= 0.3 is 0 Å². The molecule has 0 unspecified atom stereocenters. The molecule has 29 heavy (non-hydrogen) atoms. The van der Waals surface area contributed by atoms with Gasteiger partial charge in [-0.1, -0.05) is 42.6 Å². The molecule has 2 aromatic carbocycles. The Labute approximate surface area is 182 Å². The maximum absolute atomic E-state index is 13.4. The maximum Gasteiger partial charge on any atom is 0.235 e. The third-order valence-corrected chi connectivity index (χ3v) is 5.96. The lowest BCUT2D eigenvalue weighted by molar-refractivity contribution is -0.125. The van der Waals surface area contributed by atoms with Crippen LogP contribution in [0.25, 0.3) is 0 Å². The van der Waals surface area contributed by atoms with Crippen molar-refractivity contribution in [1.29, 1.82) is 0 Å². The molecule has 1 fully saturated rings. The highest BCUT2D eigenvalue weighted by atomic mass is 35.5. The Morgan fingerprint density at radius 1 is 1.17 bits per heavy atom. The zero-order valence-corrected chi connectivity index (χ0v) is 18.4. The number of hydrogen-bond acceptors (Lipinski definition) is 3. The van der Waals surface area contributed by atoms with E-state index < -0.39 is 5.41 Å². The average Bonchev–Trinajstić information content (AvgIpc) is 2.70. The second kappa shape index (κ2) is 9.84. The van der Waals surface area contributed by atoms with Gasteiger partial charge in [0.2, 0.25) is 5.91 Å². The number of rotatable bonds is 7. The minimum Gasteiger partial charge on any atom is -0.493 e. The van der Waals surface area contributed by atoms with Gasteiger partial charge in [-0.2, -0.15) is 0 Å². The maximum atomic E-state index is 13.4. The summed E-state index contributed by atoms with van der Waals surface area (Å²) in [6, 6.07) is 11.0. The fourth-order valence-electron chi connectivity index (χ4n) is 3.68. The van der Waals surface area contributed by atoms with E-state index in [4.69, 9.17) is 32.7 Å². The van der Waals surface area contributed by atoms with Gasteiger partial charge < -0.3 is 14.8 Å². The van der Waals surface area contributed by atoms with Gasteiger partial charge in [-0.3, -0.25) is 4.79 Å². The second-order valence-corrected chi connectivity index (χ2v) is 8.30. The molecule has 0 saturated carbocycles. The molecule has 0 aliphatic carbocycles. The van der Waals surface area contributed by atoms with E-state index in [-0.39, 0.29) is 5.91 Å². The summed E-state index contributed by atoms with van der Waals surface area (Å²) < 4.78 is 11.3. The summed E-state index contributed by atoms with van der Waals surface area (Å²) in [6.45, 7) is 5.83. The SMILES string of the molecule is CCCCOc1ccc(NC(=O)C2(c3ccc(Cl)cc3Cl)CCOCC2)cc1C. The third-order valence-electron chi connectivity index (χ3n) is 5.42. The standard InChI is InChI=1S/C23H27Cl2NO3/c1-3-4-11-29-21-8-6-18(14-16(21)2)26-22(27)23(9-12-28-13-10-23)19-7-5-17(24)15-20(19)25/h5-8,14-15H,3-4,9-13H2,1-2H3,(H,26,27). The van der Waals surface area contributed by atoms with E-state index in [0.29, 0.717) is 42.7 Å². The van der Waals surface area contributed by atoms with Crippen molar-refractivity contribution in [1.82, 2.24) is 0 Å². The molecule has 0 radical (unpaired) electrons. The summed E-state index contributed by atoms with van der Waals surface area (Å²) in [5.74, 6) is 0.766. The first-order valence-corrected chi connectivity index (χ1v) is 10.8. The van der Waals surface area contributed by atoms with Crippen LogP contribution < -0.4 is 10.1 Å². The van der Waals surface area contributed by atoms with Crippen molar-refractivity contribution in [3.05, 3.63) is 57.6 Å². The Morgan fingerprint density at radius 3 is 2.59 bits per heavy atom. The van der Waals surface area contributed by atoms with E-state index in [1.54, 1.807) is 12.1 Å². The molecular weight excluding hydrogens is 409 g/mol. The largest absolute Gasteiger partial charge is 0.493 e. The number of hydrogen-bond donors (Lipinski definition) is 1.